The summed E-state index contributed by atoms with van der Waals surface area (Å²) >= 11 is 4.42. The van der Waals surface area contributed by atoms with Crippen LogP contribution in [-0.2, 0) is 9.59 Å². The number of hydrogen-bond acceptors (Lipinski definition) is 4. The van der Waals surface area contributed by atoms with Gasteiger partial charge in [0, 0.05) is 0 Å². The van der Waals surface area contributed by atoms with E-state index in [9.17, 15) is 9.59 Å². The zero-order valence-electron chi connectivity index (χ0n) is 22.8. The maximum absolute atomic E-state index is 14.1. The van der Waals surface area contributed by atoms with Gasteiger partial charge in [-0.25, -0.2) is 0 Å². The number of nitrogens with zero attached hydrogens (tertiary/aromatic N) is 2. The van der Waals surface area contributed by atoms with Crippen LogP contribution in [0.2, 0.25) is 0 Å². The van der Waals surface area contributed by atoms with Crippen LogP contribution < -0.4 is 26.2 Å². The molecule has 0 spiro atoms. The van der Waals surface area contributed by atoms with E-state index in [-0.39, 0.29) is 40.7 Å². The molecule has 1 aromatic heterocycles. The average Bonchev–Trinajstić information content (AvgIpc) is 3.63. The molecule has 5 nitrogen and oxygen atoms in total. The molecule has 5 rings (SSSR count). The van der Waals surface area contributed by atoms with E-state index in [4.69, 9.17) is 9.52 Å². The fourth-order valence-corrected chi connectivity index (χ4v) is 9.16. The van der Waals surface area contributed by atoms with Gasteiger partial charge in [0.25, 0.3) is 0 Å². The summed E-state index contributed by atoms with van der Waals surface area (Å²) in [5, 5.41) is 6.26. The van der Waals surface area contributed by atoms with Crippen molar-refractivity contribution in [2.75, 3.05) is 5.01 Å². The molecule has 0 saturated carbocycles. The summed E-state index contributed by atoms with van der Waals surface area (Å²) in [6.45, 7) is 4.25. The van der Waals surface area contributed by atoms with Gasteiger partial charge >= 0.3 is 255 Å². The molecule has 1 aliphatic heterocycles. The number of anilines is 1. The Morgan fingerprint density at radius 3 is 2.00 bits per heavy atom. The first-order valence-electron chi connectivity index (χ1n) is 13.7. The van der Waals surface area contributed by atoms with Gasteiger partial charge in [0.05, 0.1) is 0 Å². The third-order valence-corrected chi connectivity index (χ3v) is 12.1. The van der Waals surface area contributed by atoms with Crippen LogP contribution in [0.4, 0.5) is 5.69 Å². The Bertz CT molecular complexity index is 1500. The molecule has 1 aliphatic carbocycles. The second-order valence-corrected chi connectivity index (χ2v) is 15.8. The van der Waals surface area contributed by atoms with Gasteiger partial charge in [-0.1, -0.05) is 26.7 Å². The molecular weight excluding hydrogens is 853 g/mol. The van der Waals surface area contributed by atoms with Gasteiger partial charge in [-0.3, -0.25) is 0 Å². The van der Waals surface area contributed by atoms with Crippen LogP contribution in [0.25, 0.3) is 0 Å². The fourth-order valence-electron chi connectivity index (χ4n) is 4.77. The van der Waals surface area contributed by atoms with Crippen molar-refractivity contribution in [1.29, 1.82) is 0 Å². The van der Waals surface area contributed by atoms with Gasteiger partial charge in [-0.15, -0.1) is 0 Å². The minimum absolute atomic E-state index is 0.0618. The predicted molar refractivity (Wildman–Crippen MR) is 177 cm³/mol. The maximum atomic E-state index is 14.1. The number of benzene rings is 2. The van der Waals surface area contributed by atoms with Crippen molar-refractivity contribution in [3.63, 3.8) is 0 Å². The molecule has 0 bridgehead atoms. The molecule has 2 heterocycles. The van der Waals surface area contributed by atoms with Gasteiger partial charge in [-0.05, 0) is 0 Å². The molecule has 3 aromatic rings. The Morgan fingerprint density at radius 2 is 1.44 bits per heavy atom. The van der Waals surface area contributed by atoms with Crippen LogP contribution in [0.3, 0.4) is 0 Å². The molecule has 2 unspecified atom stereocenters. The molecule has 41 heavy (non-hydrogen) atoms. The average molecular weight is 883 g/mol. The summed E-state index contributed by atoms with van der Waals surface area (Å²) in [6, 6.07) is 22.2. The van der Waals surface area contributed by atoms with Crippen molar-refractivity contribution in [3.8, 4) is 0 Å². The van der Waals surface area contributed by atoms with E-state index in [0.717, 1.165) is 42.4 Å². The summed E-state index contributed by atoms with van der Waals surface area (Å²) in [5.41, 5.74) is 3.88. The zero-order chi connectivity index (χ0) is 28.9. The van der Waals surface area contributed by atoms with E-state index in [0.29, 0.717) is 22.7 Å². The molecule has 0 saturated heterocycles. The molecule has 212 valence electrons. The number of carbonyl (C=O) groups excluding carboxylic acids is 2. The van der Waals surface area contributed by atoms with Gasteiger partial charge in [0.2, 0.25) is 0 Å². The number of Topliss-reactive ketones (excluding diaryl/α,β-unsaturated/α-hetero) is 1. The van der Waals surface area contributed by atoms with Crippen molar-refractivity contribution in [3.05, 3.63) is 120 Å². The number of furan rings is 1. The van der Waals surface area contributed by atoms with E-state index in [2.05, 4.69) is 95.4 Å². The summed E-state index contributed by atoms with van der Waals surface area (Å²) < 4.78 is 8.48. The molecule has 8 heteroatoms. The third kappa shape index (κ3) is 6.79. The number of carbonyl (C=O) groups is 2. The Balaban J connectivity index is 1.58. The summed E-state index contributed by atoms with van der Waals surface area (Å²) in [4.78, 5) is 27.8. The van der Waals surface area contributed by atoms with Gasteiger partial charge in [-0.2, -0.15) is 0 Å². The van der Waals surface area contributed by atoms with E-state index in [1.54, 1.807) is 12.3 Å². The molecule has 2 aliphatic rings. The molecule has 0 radical (unpaired) electrons. The monoisotopic (exact) mass is 883 g/mol. The number of rotatable bonds is 10. The molecule has 0 N–H and O–H groups in total. The number of alkyl halides is 2. The second kappa shape index (κ2) is 13.9. The summed E-state index contributed by atoms with van der Waals surface area (Å²) in [7, 11) is 0. The first kappa shape index (κ1) is 30.4. The molecule has 2 atom stereocenters. The fraction of sp³-hybridized carbons (Fsp3) is 0.242. The number of amides is 1. The minimum atomic E-state index is -0.315. The molecular formula is C33H30I3N2O3-. The van der Waals surface area contributed by atoms with Crippen LogP contribution in [0, 0.1) is 7.14 Å². The number of allylic oxidation sites excluding steroid dienone is 5. The van der Waals surface area contributed by atoms with Gasteiger partial charge in [0.15, 0.2) is 0 Å². The number of hydrogen-bond donors (Lipinski definition) is 0. The van der Waals surface area contributed by atoms with Crippen LogP contribution >= 0.6 is 45.2 Å². The summed E-state index contributed by atoms with van der Waals surface area (Å²) in [6.07, 6.45) is 9.15. The van der Waals surface area contributed by atoms with Crippen molar-refractivity contribution >= 4 is 68.3 Å². The van der Waals surface area contributed by atoms with E-state index in [1.165, 1.54) is 12.1 Å². The SMILES string of the molecule is CCCC(I)C1=CC(=C2C(=O)N(c3ccc([I-]c4ccccc4)cc3)N=C2c2ccco2)C=C(C(I)CCC)C1=O. The second-order valence-electron chi connectivity index (χ2n) is 9.78. The van der Waals surface area contributed by atoms with Gasteiger partial charge in [0.1, 0.15) is 0 Å². The first-order valence-corrected chi connectivity index (χ1v) is 18.3. The van der Waals surface area contributed by atoms with Crippen molar-refractivity contribution in [2.24, 2.45) is 5.10 Å². The van der Waals surface area contributed by atoms with Crippen LogP contribution in [-0.4, -0.2) is 25.3 Å². The normalized spacial score (nSPS) is 17.1. The van der Waals surface area contributed by atoms with E-state index >= 15 is 0 Å². The number of halogens is 3. The quantitative estimate of drug-likeness (QED) is 0.162. The van der Waals surface area contributed by atoms with Gasteiger partial charge < -0.3 is 0 Å². The molecule has 0 fully saturated rings. The molecule has 1 amide bonds. The zero-order valence-corrected chi connectivity index (χ0v) is 29.3. The van der Waals surface area contributed by atoms with E-state index in [1.807, 2.05) is 36.4 Å². The Kier molecular flexibility index (Phi) is 10.3. The first-order chi connectivity index (χ1) is 19.9. The molecule has 2 aromatic carbocycles. The van der Waals surface area contributed by atoms with E-state index < -0.39 is 0 Å². The number of ketones is 1. The van der Waals surface area contributed by atoms with Crippen LogP contribution in [0.5, 0.6) is 0 Å². The van der Waals surface area contributed by atoms with Crippen molar-refractivity contribution < 1.29 is 35.2 Å². The Labute approximate surface area is 278 Å². The predicted octanol–water partition coefficient (Wildman–Crippen LogP) is 5.10. The van der Waals surface area contributed by atoms with Crippen molar-refractivity contribution in [1.82, 2.24) is 0 Å². The van der Waals surface area contributed by atoms with Crippen LogP contribution in [0.1, 0.15) is 45.3 Å². The Hall–Kier alpha value is -2.06. The van der Waals surface area contributed by atoms with Crippen LogP contribution in [0.15, 0.2) is 117 Å². The topological polar surface area (TPSA) is 62.9 Å². The van der Waals surface area contributed by atoms with Crippen molar-refractivity contribution in [2.45, 2.75) is 47.4 Å². The Morgan fingerprint density at radius 1 is 0.829 bits per heavy atom. The standard InChI is InChI=1S/C33H30I3N2O3/c1-3-9-27(34)25-19-21(20-26(32(25)39)28(35)10-4-2)30-31(29-13-8-18-41-29)37-38(33(30)40)24-16-14-23(15-17-24)36-22-11-6-5-7-12-22/h5-8,11-20,27-28H,3-4,9-10H2,1-2H3/q-1. The number of hydrazone groups is 1. The summed E-state index contributed by atoms with van der Waals surface area (Å²) in [5.74, 6) is 0.389. The third-order valence-electron chi connectivity index (χ3n) is 6.81.